The second-order valence-corrected chi connectivity index (χ2v) is 3.96. The van der Waals surface area contributed by atoms with Gasteiger partial charge in [0.1, 0.15) is 0 Å². The average molecular weight is 264 g/mol. The lowest BCUT2D eigenvalue weighted by Gasteiger charge is -2.11. The van der Waals surface area contributed by atoms with Crippen molar-refractivity contribution < 1.29 is 13.2 Å². The third-order valence-electron chi connectivity index (χ3n) is 2.20. The van der Waals surface area contributed by atoms with Crippen LogP contribution in [0.1, 0.15) is 18.4 Å². The molecular formula is C12H13ClF3N. The van der Waals surface area contributed by atoms with Crippen LogP contribution in [0.2, 0.25) is 5.02 Å². The number of allylic oxidation sites excluding steroid dienone is 1. The van der Waals surface area contributed by atoms with Crippen molar-refractivity contribution in [2.45, 2.75) is 19.0 Å². The molecule has 0 saturated carbocycles. The average Bonchev–Trinajstić information content (AvgIpc) is 2.24. The van der Waals surface area contributed by atoms with E-state index < -0.39 is 11.7 Å². The molecule has 17 heavy (non-hydrogen) atoms. The summed E-state index contributed by atoms with van der Waals surface area (Å²) in [5.41, 5.74) is -0.220. The van der Waals surface area contributed by atoms with E-state index in [1.165, 1.54) is 6.07 Å². The maximum Gasteiger partial charge on any atom is 0.416 e. The fourth-order valence-corrected chi connectivity index (χ4v) is 1.55. The Hall–Kier alpha value is -1.16. The zero-order valence-electron chi connectivity index (χ0n) is 9.15. The Morgan fingerprint density at radius 3 is 2.59 bits per heavy atom. The van der Waals surface area contributed by atoms with Crippen molar-refractivity contribution in [3.63, 3.8) is 0 Å². The fraction of sp³-hybridized carbons (Fsp3) is 0.333. The number of benzene rings is 1. The standard InChI is InChI=1S/C12H13ClF3N/c1-2-3-4-7-17-11-6-5-9(8-10(11)13)12(14,15)16/h2,5-6,8,17H,1,3-4,7H2. The second kappa shape index (κ2) is 5.96. The molecule has 0 heterocycles. The number of rotatable bonds is 5. The highest BCUT2D eigenvalue weighted by Gasteiger charge is 2.30. The monoisotopic (exact) mass is 263 g/mol. The molecule has 0 saturated heterocycles. The Balaban J connectivity index is 2.67. The van der Waals surface area contributed by atoms with Crippen molar-refractivity contribution in [1.29, 1.82) is 0 Å². The van der Waals surface area contributed by atoms with Crippen molar-refractivity contribution >= 4 is 17.3 Å². The van der Waals surface area contributed by atoms with Gasteiger partial charge in [0.15, 0.2) is 0 Å². The topological polar surface area (TPSA) is 12.0 Å². The Labute approximate surface area is 103 Å². The molecule has 0 amide bonds. The van der Waals surface area contributed by atoms with Crippen molar-refractivity contribution in [2.24, 2.45) is 0 Å². The van der Waals surface area contributed by atoms with Gasteiger partial charge in [0, 0.05) is 6.54 Å². The Morgan fingerprint density at radius 1 is 1.35 bits per heavy atom. The van der Waals surface area contributed by atoms with Crippen LogP contribution < -0.4 is 5.32 Å². The predicted octanol–water partition coefficient (Wildman–Crippen LogP) is 4.74. The van der Waals surface area contributed by atoms with Gasteiger partial charge in [-0.3, -0.25) is 0 Å². The smallest absolute Gasteiger partial charge is 0.384 e. The normalized spacial score (nSPS) is 11.3. The van der Waals surface area contributed by atoms with Crippen LogP contribution in [0.3, 0.4) is 0 Å². The zero-order valence-corrected chi connectivity index (χ0v) is 9.91. The first-order valence-corrected chi connectivity index (χ1v) is 5.54. The third-order valence-corrected chi connectivity index (χ3v) is 2.51. The fourth-order valence-electron chi connectivity index (χ4n) is 1.30. The molecule has 1 aromatic rings. The van der Waals surface area contributed by atoms with Crippen LogP contribution >= 0.6 is 11.6 Å². The van der Waals surface area contributed by atoms with Gasteiger partial charge in [-0.25, -0.2) is 0 Å². The molecule has 0 aliphatic rings. The molecule has 5 heteroatoms. The molecule has 0 unspecified atom stereocenters. The van der Waals surface area contributed by atoms with E-state index in [1.54, 1.807) is 6.08 Å². The second-order valence-electron chi connectivity index (χ2n) is 3.55. The lowest BCUT2D eigenvalue weighted by Crippen LogP contribution is -2.06. The van der Waals surface area contributed by atoms with Crippen LogP contribution in [0.25, 0.3) is 0 Å². The number of anilines is 1. The van der Waals surface area contributed by atoms with Crippen LogP contribution in [0.15, 0.2) is 30.9 Å². The summed E-state index contributed by atoms with van der Waals surface area (Å²) >= 11 is 5.77. The molecule has 1 rings (SSSR count). The largest absolute Gasteiger partial charge is 0.416 e. The summed E-state index contributed by atoms with van der Waals surface area (Å²) in [6, 6.07) is 3.29. The predicted molar refractivity (Wildman–Crippen MR) is 64.4 cm³/mol. The van der Waals surface area contributed by atoms with Crippen LogP contribution in [-0.2, 0) is 6.18 Å². The van der Waals surface area contributed by atoms with Crippen LogP contribution in [-0.4, -0.2) is 6.54 Å². The highest BCUT2D eigenvalue weighted by atomic mass is 35.5. The van der Waals surface area contributed by atoms with Crippen molar-refractivity contribution in [2.75, 3.05) is 11.9 Å². The number of alkyl halides is 3. The molecule has 0 spiro atoms. The third kappa shape index (κ3) is 4.30. The quantitative estimate of drug-likeness (QED) is 0.598. The van der Waals surface area contributed by atoms with Crippen molar-refractivity contribution in [3.8, 4) is 0 Å². The highest BCUT2D eigenvalue weighted by Crippen LogP contribution is 2.33. The summed E-state index contributed by atoms with van der Waals surface area (Å²) in [5.74, 6) is 0. The maximum atomic E-state index is 12.4. The molecule has 0 fully saturated rings. The van der Waals surface area contributed by atoms with E-state index in [0.717, 1.165) is 25.0 Å². The lowest BCUT2D eigenvalue weighted by molar-refractivity contribution is -0.137. The molecular weight excluding hydrogens is 251 g/mol. The van der Waals surface area contributed by atoms with E-state index in [4.69, 9.17) is 11.6 Å². The minimum atomic E-state index is -4.36. The molecule has 0 aromatic heterocycles. The summed E-state index contributed by atoms with van der Waals surface area (Å²) < 4.78 is 37.1. The molecule has 1 nitrogen and oxygen atoms in total. The van der Waals surface area contributed by atoms with Crippen LogP contribution in [0.4, 0.5) is 18.9 Å². The minimum Gasteiger partial charge on any atom is -0.384 e. The number of unbranched alkanes of at least 4 members (excludes halogenated alkanes) is 1. The van der Waals surface area contributed by atoms with Gasteiger partial charge in [0.05, 0.1) is 16.3 Å². The van der Waals surface area contributed by atoms with E-state index in [2.05, 4.69) is 11.9 Å². The van der Waals surface area contributed by atoms with Gasteiger partial charge in [-0.2, -0.15) is 13.2 Å². The number of halogens is 4. The first-order valence-electron chi connectivity index (χ1n) is 5.16. The molecule has 0 bridgehead atoms. The van der Waals surface area contributed by atoms with Gasteiger partial charge in [-0.15, -0.1) is 6.58 Å². The molecule has 0 radical (unpaired) electrons. The van der Waals surface area contributed by atoms with Crippen LogP contribution in [0.5, 0.6) is 0 Å². The van der Waals surface area contributed by atoms with E-state index in [1.807, 2.05) is 0 Å². The number of hydrogen-bond donors (Lipinski definition) is 1. The van der Waals surface area contributed by atoms with E-state index in [0.29, 0.717) is 12.2 Å². The Morgan fingerprint density at radius 2 is 2.06 bits per heavy atom. The zero-order chi connectivity index (χ0) is 12.9. The van der Waals surface area contributed by atoms with Crippen LogP contribution in [0, 0.1) is 0 Å². The summed E-state index contributed by atoms with van der Waals surface area (Å²) in [5, 5.41) is 3.06. The van der Waals surface area contributed by atoms with E-state index >= 15 is 0 Å². The molecule has 0 aliphatic heterocycles. The van der Waals surface area contributed by atoms with Gasteiger partial charge in [-0.1, -0.05) is 17.7 Å². The number of nitrogens with one attached hydrogen (secondary N) is 1. The summed E-state index contributed by atoms with van der Waals surface area (Å²) in [6.07, 6.45) is -0.854. The number of hydrogen-bond acceptors (Lipinski definition) is 1. The first-order chi connectivity index (χ1) is 7.95. The lowest BCUT2D eigenvalue weighted by atomic mass is 10.2. The molecule has 1 aromatic carbocycles. The molecule has 0 aliphatic carbocycles. The maximum absolute atomic E-state index is 12.4. The van der Waals surface area contributed by atoms with Gasteiger partial charge in [0.25, 0.3) is 0 Å². The van der Waals surface area contributed by atoms with Crippen molar-refractivity contribution in [3.05, 3.63) is 41.4 Å². The minimum absolute atomic E-state index is 0.0819. The van der Waals surface area contributed by atoms with Gasteiger partial charge >= 0.3 is 6.18 Å². The Kier molecular flexibility index (Phi) is 4.87. The molecule has 94 valence electrons. The highest BCUT2D eigenvalue weighted by molar-refractivity contribution is 6.33. The van der Waals surface area contributed by atoms with Gasteiger partial charge in [-0.05, 0) is 31.0 Å². The SMILES string of the molecule is C=CCCCNc1ccc(C(F)(F)F)cc1Cl. The first kappa shape index (κ1) is 13.9. The Bertz CT molecular complexity index is 388. The molecule has 1 N–H and O–H groups in total. The summed E-state index contributed by atoms with van der Waals surface area (Å²) in [4.78, 5) is 0. The van der Waals surface area contributed by atoms with E-state index in [9.17, 15) is 13.2 Å². The van der Waals surface area contributed by atoms with Crippen molar-refractivity contribution in [1.82, 2.24) is 0 Å². The van der Waals surface area contributed by atoms with Gasteiger partial charge < -0.3 is 5.32 Å². The molecule has 0 atom stereocenters. The summed E-state index contributed by atoms with van der Waals surface area (Å²) in [6.45, 7) is 4.23. The van der Waals surface area contributed by atoms with E-state index in [-0.39, 0.29) is 5.02 Å². The van der Waals surface area contributed by atoms with Gasteiger partial charge in [0.2, 0.25) is 0 Å². The summed E-state index contributed by atoms with van der Waals surface area (Å²) in [7, 11) is 0.